The molecule has 1 aromatic heterocycles. The fourth-order valence-corrected chi connectivity index (χ4v) is 3.58. The molecule has 0 spiro atoms. The van der Waals surface area contributed by atoms with Gasteiger partial charge in [-0.1, -0.05) is 17.7 Å². The van der Waals surface area contributed by atoms with Crippen molar-refractivity contribution in [3.8, 4) is 0 Å². The lowest BCUT2D eigenvalue weighted by atomic mass is 9.92. The van der Waals surface area contributed by atoms with Crippen LogP contribution in [0.4, 0.5) is 0 Å². The van der Waals surface area contributed by atoms with Gasteiger partial charge in [0, 0.05) is 13.5 Å². The first-order valence-corrected chi connectivity index (χ1v) is 7.86. The van der Waals surface area contributed by atoms with Crippen molar-refractivity contribution in [2.24, 2.45) is 12.9 Å². The van der Waals surface area contributed by atoms with Crippen LogP contribution in [0, 0.1) is 27.7 Å². The summed E-state index contributed by atoms with van der Waals surface area (Å²) >= 11 is 3.63. The minimum Gasteiger partial charge on any atom is -0.271 e. The van der Waals surface area contributed by atoms with Crippen molar-refractivity contribution in [2.45, 2.75) is 40.2 Å². The first kappa shape index (κ1) is 16.2. The van der Waals surface area contributed by atoms with Gasteiger partial charge in [0.15, 0.2) is 0 Å². The first-order valence-electron chi connectivity index (χ1n) is 7.07. The molecule has 0 amide bonds. The van der Waals surface area contributed by atoms with E-state index >= 15 is 0 Å². The number of aryl methyl sites for hydroxylation is 5. The average molecular weight is 351 g/mol. The molecule has 0 saturated heterocycles. The molecule has 1 unspecified atom stereocenters. The molecule has 1 heterocycles. The standard InChI is InChI=1S/C16H23BrN4/c1-9-6-10(2)15(11(3)7-9)13(19-18)8-14-16(17)12(4)20-21(14)5/h6-7,13,19H,8,18H2,1-5H3. The molecule has 2 rings (SSSR count). The van der Waals surface area contributed by atoms with Crippen molar-refractivity contribution in [1.29, 1.82) is 0 Å². The summed E-state index contributed by atoms with van der Waals surface area (Å²) < 4.78 is 2.98. The zero-order chi connectivity index (χ0) is 15.7. The Kier molecular flexibility index (Phi) is 4.86. The Morgan fingerprint density at radius 2 is 1.81 bits per heavy atom. The number of hydrogen-bond donors (Lipinski definition) is 2. The van der Waals surface area contributed by atoms with E-state index in [4.69, 9.17) is 5.84 Å². The number of nitrogens with one attached hydrogen (secondary N) is 1. The molecule has 1 atom stereocenters. The quantitative estimate of drug-likeness (QED) is 0.657. The third-order valence-corrected chi connectivity index (χ3v) is 4.98. The number of hydrazine groups is 1. The van der Waals surface area contributed by atoms with Crippen LogP contribution in [-0.2, 0) is 13.5 Å². The van der Waals surface area contributed by atoms with Gasteiger partial charge in [-0.25, -0.2) is 0 Å². The van der Waals surface area contributed by atoms with E-state index < -0.39 is 0 Å². The highest BCUT2D eigenvalue weighted by Gasteiger charge is 2.20. The van der Waals surface area contributed by atoms with E-state index in [0.717, 1.165) is 22.3 Å². The summed E-state index contributed by atoms with van der Waals surface area (Å²) in [7, 11) is 1.97. The topological polar surface area (TPSA) is 55.9 Å². The number of halogens is 1. The van der Waals surface area contributed by atoms with Crippen molar-refractivity contribution < 1.29 is 0 Å². The maximum absolute atomic E-state index is 5.84. The van der Waals surface area contributed by atoms with Gasteiger partial charge in [0.05, 0.1) is 21.9 Å². The summed E-state index contributed by atoms with van der Waals surface area (Å²) in [5.74, 6) is 5.84. The van der Waals surface area contributed by atoms with Gasteiger partial charge in [0.1, 0.15) is 0 Å². The number of hydrogen-bond acceptors (Lipinski definition) is 3. The summed E-state index contributed by atoms with van der Waals surface area (Å²) in [6.45, 7) is 8.41. The number of benzene rings is 1. The summed E-state index contributed by atoms with van der Waals surface area (Å²) in [5, 5.41) is 4.45. The molecule has 1 aromatic carbocycles. The SMILES string of the molecule is Cc1cc(C)c(C(Cc2c(Br)c(C)nn2C)NN)c(C)c1. The molecule has 5 heteroatoms. The largest absolute Gasteiger partial charge is 0.271 e. The monoisotopic (exact) mass is 350 g/mol. The van der Waals surface area contributed by atoms with E-state index in [1.807, 2.05) is 18.7 Å². The maximum Gasteiger partial charge on any atom is 0.0738 e. The Bertz CT molecular complexity index is 638. The molecule has 0 fully saturated rings. The van der Waals surface area contributed by atoms with Crippen LogP contribution in [0.25, 0.3) is 0 Å². The molecule has 0 aliphatic carbocycles. The van der Waals surface area contributed by atoms with Gasteiger partial charge in [-0.05, 0) is 60.3 Å². The Labute approximate surface area is 134 Å². The average Bonchev–Trinajstić information content (AvgIpc) is 2.62. The molecule has 0 aliphatic heterocycles. The zero-order valence-electron chi connectivity index (χ0n) is 13.3. The molecule has 21 heavy (non-hydrogen) atoms. The van der Waals surface area contributed by atoms with Gasteiger partial charge in [-0.15, -0.1) is 0 Å². The van der Waals surface area contributed by atoms with E-state index in [9.17, 15) is 0 Å². The molecule has 0 bridgehead atoms. The third kappa shape index (κ3) is 3.20. The van der Waals surface area contributed by atoms with Crippen molar-refractivity contribution in [2.75, 3.05) is 0 Å². The molecule has 0 radical (unpaired) electrons. The van der Waals surface area contributed by atoms with Gasteiger partial charge < -0.3 is 0 Å². The summed E-state index contributed by atoms with van der Waals surface area (Å²) in [6, 6.07) is 4.48. The second kappa shape index (κ2) is 6.30. The molecule has 0 saturated carbocycles. The fourth-order valence-electron chi connectivity index (χ4n) is 3.08. The van der Waals surface area contributed by atoms with Gasteiger partial charge >= 0.3 is 0 Å². The molecule has 114 valence electrons. The van der Waals surface area contributed by atoms with Crippen LogP contribution in [0.1, 0.15) is 39.7 Å². The molecule has 0 aliphatic rings. The van der Waals surface area contributed by atoms with Gasteiger partial charge in [0.2, 0.25) is 0 Å². The van der Waals surface area contributed by atoms with Crippen molar-refractivity contribution in [3.05, 3.63) is 50.2 Å². The number of nitrogens with two attached hydrogens (primary N) is 1. The van der Waals surface area contributed by atoms with Crippen molar-refractivity contribution in [1.82, 2.24) is 15.2 Å². The Hall–Kier alpha value is -1.17. The normalized spacial score (nSPS) is 12.7. The third-order valence-electron chi connectivity index (χ3n) is 3.95. The Balaban J connectivity index is 2.41. The summed E-state index contributed by atoms with van der Waals surface area (Å²) in [4.78, 5) is 0. The van der Waals surface area contributed by atoms with E-state index in [1.165, 1.54) is 22.3 Å². The van der Waals surface area contributed by atoms with Crippen LogP contribution in [0.2, 0.25) is 0 Å². The predicted octanol–water partition coefficient (Wildman–Crippen LogP) is 3.16. The zero-order valence-corrected chi connectivity index (χ0v) is 14.9. The fraction of sp³-hybridized carbons (Fsp3) is 0.438. The van der Waals surface area contributed by atoms with Crippen LogP contribution in [0.5, 0.6) is 0 Å². The van der Waals surface area contributed by atoms with Crippen molar-refractivity contribution in [3.63, 3.8) is 0 Å². The van der Waals surface area contributed by atoms with Crippen LogP contribution in [0.3, 0.4) is 0 Å². The van der Waals surface area contributed by atoms with E-state index in [2.05, 4.69) is 59.4 Å². The van der Waals surface area contributed by atoms with Gasteiger partial charge in [-0.3, -0.25) is 16.0 Å². The van der Waals surface area contributed by atoms with E-state index in [-0.39, 0.29) is 6.04 Å². The molecule has 4 nitrogen and oxygen atoms in total. The van der Waals surface area contributed by atoms with Crippen LogP contribution in [0.15, 0.2) is 16.6 Å². The second-order valence-electron chi connectivity index (χ2n) is 5.71. The predicted molar refractivity (Wildman–Crippen MR) is 90.1 cm³/mol. The highest BCUT2D eigenvalue weighted by molar-refractivity contribution is 9.10. The van der Waals surface area contributed by atoms with Gasteiger partial charge in [-0.2, -0.15) is 5.10 Å². The molecule has 3 N–H and O–H groups in total. The summed E-state index contributed by atoms with van der Waals surface area (Å²) in [5.41, 5.74) is 10.2. The van der Waals surface area contributed by atoms with Crippen LogP contribution in [-0.4, -0.2) is 9.78 Å². The molecular weight excluding hydrogens is 328 g/mol. The smallest absolute Gasteiger partial charge is 0.0738 e. The Morgan fingerprint density at radius 1 is 1.24 bits per heavy atom. The highest BCUT2D eigenvalue weighted by Crippen LogP contribution is 2.29. The highest BCUT2D eigenvalue weighted by atomic mass is 79.9. The minimum absolute atomic E-state index is 0.0664. The lowest BCUT2D eigenvalue weighted by Crippen LogP contribution is -2.31. The van der Waals surface area contributed by atoms with E-state index in [0.29, 0.717) is 0 Å². The maximum atomic E-state index is 5.84. The van der Waals surface area contributed by atoms with Gasteiger partial charge in [0.25, 0.3) is 0 Å². The Morgan fingerprint density at radius 3 is 2.24 bits per heavy atom. The number of nitrogens with zero attached hydrogens (tertiary/aromatic N) is 2. The lowest BCUT2D eigenvalue weighted by molar-refractivity contribution is 0.524. The van der Waals surface area contributed by atoms with Crippen LogP contribution >= 0.6 is 15.9 Å². The first-order chi connectivity index (χ1) is 9.85. The molecule has 2 aromatic rings. The number of aromatic nitrogens is 2. The van der Waals surface area contributed by atoms with Crippen molar-refractivity contribution >= 4 is 15.9 Å². The molecular formula is C16H23BrN4. The minimum atomic E-state index is 0.0664. The summed E-state index contributed by atoms with van der Waals surface area (Å²) in [6.07, 6.45) is 0.791. The second-order valence-corrected chi connectivity index (χ2v) is 6.50. The lowest BCUT2D eigenvalue weighted by Gasteiger charge is -2.22. The van der Waals surface area contributed by atoms with E-state index in [1.54, 1.807) is 0 Å². The van der Waals surface area contributed by atoms with Crippen LogP contribution < -0.4 is 11.3 Å². The number of rotatable bonds is 4.